The summed E-state index contributed by atoms with van der Waals surface area (Å²) in [5, 5.41) is -0.647. The SMILES string of the molecule is CC1=C(C(C/C(C)=C/COC(=O)c2ccccc2)S(=O)(=O)c2ccc(C)cc2)C(C)(C)CCC1. The van der Waals surface area contributed by atoms with Gasteiger partial charge >= 0.3 is 5.97 Å². The van der Waals surface area contributed by atoms with Crippen molar-refractivity contribution in [1.82, 2.24) is 0 Å². The van der Waals surface area contributed by atoms with Crippen LogP contribution in [0, 0.1) is 12.3 Å². The van der Waals surface area contributed by atoms with Crippen LogP contribution in [0.3, 0.4) is 0 Å². The second-order valence-corrected chi connectivity index (χ2v) is 12.1. The molecular weight excluding hydrogens is 444 g/mol. The number of sulfone groups is 1. The third kappa shape index (κ3) is 6.06. The predicted molar refractivity (Wildman–Crippen MR) is 138 cm³/mol. The van der Waals surface area contributed by atoms with E-state index in [1.165, 1.54) is 5.57 Å². The summed E-state index contributed by atoms with van der Waals surface area (Å²) >= 11 is 0. The van der Waals surface area contributed by atoms with E-state index in [-0.39, 0.29) is 18.0 Å². The van der Waals surface area contributed by atoms with E-state index in [0.29, 0.717) is 16.9 Å². The number of allylic oxidation sites excluding steroid dienone is 2. The second-order valence-electron chi connectivity index (χ2n) is 10.00. The highest BCUT2D eigenvalue weighted by Gasteiger charge is 2.40. The van der Waals surface area contributed by atoms with Crippen molar-refractivity contribution < 1.29 is 17.9 Å². The molecule has 2 aromatic rings. The quantitative estimate of drug-likeness (QED) is 0.306. The van der Waals surface area contributed by atoms with Crippen molar-refractivity contribution in [3.05, 3.63) is 88.5 Å². The first kappa shape index (κ1) is 26.0. The van der Waals surface area contributed by atoms with E-state index in [1.807, 2.05) is 38.1 Å². The summed E-state index contributed by atoms with van der Waals surface area (Å²) in [4.78, 5) is 12.6. The summed E-state index contributed by atoms with van der Waals surface area (Å²) in [7, 11) is -3.61. The summed E-state index contributed by atoms with van der Waals surface area (Å²) in [5.41, 5.74) is 4.44. The van der Waals surface area contributed by atoms with Gasteiger partial charge in [-0.05, 0) is 87.8 Å². The number of benzene rings is 2. The number of hydrogen-bond donors (Lipinski definition) is 0. The van der Waals surface area contributed by atoms with Crippen molar-refractivity contribution in [3.8, 4) is 0 Å². The lowest BCUT2D eigenvalue weighted by Gasteiger charge is -2.39. The zero-order valence-electron chi connectivity index (χ0n) is 20.9. The predicted octanol–water partition coefficient (Wildman–Crippen LogP) is 6.86. The van der Waals surface area contributed by atoms with Gasteiger partial charge in [0.15, 0.2) is 9.84 Å². The fourth-order valence-corrected chi connectivity index (χ4v) is 7.06. The summed E-state index contributed by atoms with van der Waals surface area (Å²) in [5.74, 6) is -0.388. The minimum absolute atomic E-state index is 0.109. The van der Waals surface area contributed by atoms with Crippen molar-refractivity contribution in [1.29, 1.82) is 0 Å². The van der Waals surface area contributed by atoms with Crippen molar-refractivity contribution in [3.63, 3.8) is 0 Å². The molecule has 4 nitrogen and oxygen atoms in total. The number of esters is 1. The summed E-state index contributed by atoms with van der Waals surface area (Å²) < 4.78 is 33.3. The molecule has 0 heterocycles. The molecule has 2 aromatic carbocycles. The molecule has 1 aliphatic carbocycles. The molecule has 1 unspecified atom stereocenters. The Morgan fingerprint density at radius 2 is 1.71 bits per heavy atom. The highest BCUT2D eigenvalue weighted by atomic mass is 32.2. The van der Waals surface area contributed by atoms with Gasteiger partial charge in [0.25, 0.3) is 0 Å². The van der Waals surface area contributed by atoms with Crippen molar-refractivity contribution in [2.45, 2.75) is 70.4 Å². The number of ether oxygens (including phenoxy) is 1. The van der Waals surface area contributed by atoms with E-state index in [9.17, 15) is 13.2 Å². The lowest BCUT2D eigenvalue weighted by Crippen LogP contribution is -2.35. The van der Waals surface area contributed by atoms with Gasteiger partial charge in [-0.3, -0.25) is 0 Å². The highest BCUT2D eigenvalue weighted by Crippen LogP contribution is 2.46. The molecule has 0 aliphatic heterocycles. The molecule has 1 atom stereocenters. The minimum Gasteiger partial charge on any atom is -0.458 e. The Labute approximate surface area is 204 Å². The lowest BCUT2D eigenvalue weighted by atomic mass is 9.71. The molecule has 0 amide bonds. The van der Waals surface area contributed by atoms with Crippen LogP contribution in [0.5, 0.6) is 0 Å². The summed E-state index contributed by atoms with van der Waals surface area (Å²) in [6.45, 7) is 10.4. The average Bonchev–Trinajstić information content (AvgIpc) is 2.78. The van der Waals surface area contributed by atoms with E-state index in [1.54, 1.807) is 36.4 Å². The number of carbonyl (C=O) groups is 1. The average molecular weight is 481 g/mol. The second kappa shape index (κ2) is 10.7. The molecule has 3 rings (SSSR count). The van der Waals surface area contributed by atoms with Crippen molar-refractivity contribution in [2.75, 3.05) is 6.61 Å². The van der Waals surface area contributed by atoms with Gasteiger partial charge in [0, 0.05) is 0 Å². The molecule has 34 heavy (non-hydrogen) atoms. The molecular formula is C29H36O4S. The Hall–Kier alpha value is -2.66. The van der Waals surface area contributed by atoms with Crippen LogP contribution in [0.4, 0.5) is 0 Å². The standard InChI is InChI=1S/C29H36O4S/c1-21-13-15-25(16-14-21)34(31,32)26(27-23(3)10-9-18-29(27,4)5)20-22(2)17-19-33-28(30)24-11-7-6-8-12-24/h6-8,11-17,26H,9-10,18-20H2,1-5H3/b22-17+. The zero-order valence-corrected chi connectivity index (χ0v) is 21.7. The van der Waals surface area contributed by atoms with Gasteiger partial charge in [-0.2, -0.15) is 0 Å². The normalized spacial score (nSPS) is 17.4. The first-order valence-electron chi connectivity index (χ1n) is 11.9. The van der Waals surface area contributed by atoms with Crippen LogP contribution in [0.1, 0.15) is 69.3 Å². The van der Waals surface area contributed by atoms with Crippen LogP contribution < -0.4 is 0 Å². The van der Waals surface area contributed by atoms with Gasteiger partial charge < -0.3 is 4.74 Å². The van der Waals surface area contributed by atoms with Gasteiger partial charge in [-0.1, -0.05) is 60.9 Å². The molecule has 0 bridgehead atoms. The van der Waals surface area contributed by atoms with Crippen LogP contribution in [0.2, 0.25) is 0 Å². The topological polar surface area (TPSA) is 60.4 Å². The van der Waals surface area contributed by atoms with Crippen molar-refractivity contribution >= 4 is 15.8 Å². The number of aryl methyl sites for hydroxylation is 1. The molecule has 0 radical (unpaired) electrons. The van der Waals surface area contributed by atoms with Crippen LogP contribution in [-0.4, -0.2) is 26.2 Å². The van der Waals surface area contributed by atoms with E-state index in [0.717, 1.165) is 36.0 Å². The lowest BCUT2D eigenvalue weighted by molar-refractivity contribution is 0.0549. The van der Waals surface area contributed by atoms with E-state index in [2.05, 4.69) is 20.8 Å². The molecule has 0 saturated carbocycles. The van der Waals surface area contributed by atoms with Crippen LogP contribution in [-0.2, 0) is 14.6 Å². The number of hydrogen-bond acceptors (Lipinski definition) is 4. The fraction of sp³-hybridized carbons (Fsp3) is 0.414. The Morgan fingerprint density at radius 1 is 1.06 bits per heavy atom. The molecule has 0 saturated heterocycles. The van der Waals surface area contributed by atoms with Gasteiger partial charge in [0.1, 0.15) is 6.61 Å². The number of rotatable bonds is 8. The third-order valence-corrected chi connectivity index (χ3v) is 8.83. The van der Waals surface area contributed by atoms with Crippen LogP contribution >= 0.6 is 0 Å². The zero-order chi connectivity index (χ0) is 24.9. The minimum atomic E-state index is -3.61. The number of carbonyl (C=O) groups excluding carboxylic acids is 1. The smallest absolute Gasteiger partial charge is 0.338 e. The van der Waals surface area contributed by atoms with E-state index < -0.39 is 15.1 Å². The Morgan fingerprint density at radius 3 is 2.32 bits per heavy atom. The van der Waals surface area contributed by atoms with E-state index >= 15 is 0 Å². The van der Waals surface area contributed by atoms with Crippen LogP contribution in [0.15, 0.2) is 82.3 Å². The fourth-order valence-electron chi connectivity index (χ4n) is 4.91. The highest BCUT2D eigenvalue weighted by molar-refractivity contribution is 7.92. The molecule has 1 aliphatic rings. The molecule has 0 spiro atoms. The van der Waals surface area contributed by atoms with Crippen molar-refractivity contribution in [2.24, 2.45) is 5.41 Å². The maximum absolute atomic E-state index is 13.9. The third-order valence-electron chi connectivity index (χ3n) is 6.75. The Bertz CT molecular complexity index is 1170. The molecule has 182 valence electrons. The first-order valence-corrected chi connectivity index (χ1v) is 13.5. The van der Waals surface area contributed by atoms with E-state index in [4.69, 9.17) is 4.74 Å². The maximum Gasteiger partial charge on any atom is 0.338 e. The van der Waals surface area contributed by atoms with Gasteiger partial charge in [-0.25, -0.2) is 13.2 Å². The largest absolute Gasteiger partial charge is 0.458 e. The first-order chi connectivity index (χ1) is 16.0. The molecule has 0 N–H and O–H groups in total. The Balaban J connectivity index is 1.89. The van der Waals surface area contributed by atoms with Gasteiger partial charge in [0.05, 0.1) is 15.7 Å². The Kier molecular flexibility index (Phi) is 8.19. The molecule has 5 heteroatoms. The van der Waals surface area contributed by atoms with Crippen LogP contribution in [0.25, 0.3) is 0 Å². The van der Waals surface area contributed by atoms with Gasteiger partial charge in [-0.15, -0.1) is 0 Å². The molecule has 0 fully saturated rings. The van der Waals surface area contributed by atoms with Gasteiger partial charge in [0.2, 0.25) is 0 Å². The summed E-state index contributed by atoms with van der Waals surface area (Å²) in [6.07, 6.45) is 5.16. The summed E-state index contributed by atoms with van der Waals surface area (Å²) in [6, 6.07) is 16.0. The monoisotopic (exact) mass is 480 g/mol. The molecule has 0 aromatic heterocycles. The maximum atomic E-state index is 13.9.